The number of hydrogen-bond acceptors (Lipinski definition) is 4. The smallest absolute Gasteiger partial charge is 0.234 e. The highest BCUT2D eigenvalue weighted by molar-refractivity contribution is 5.77. The van der Waals surface area contributed by atoms with Crippen LogP contribution in [0.25, 0.3) is 0 Å². The van der Waals surface area contributed by atoms with E-state index in [0.717, 1.165) is 38.4 Å². The number of carbonyl (C=O) groups excluding carboxylic acids is 1. The summed E-state index contributed by atoms with van der Waals surface area (Å²) in [7, 11) is 0. The van der Waals surface area contributed by atoms with E-state index < -0.39 is 6.52 Å². The molecule has 1 heterocycles. The number of hydrogen-bond donors (Lipinski definition) is 2. The van der Waals surface area contributed by atoms with E-state index in [1.165, 1.54) is 0 Å². The largest absolute Gasteiger partial charge is 0.379 e. The Balaban J connectivity index is 1.55. The zero-order valence-electron chi connectivity index (χ0n) is 13.4. The quantitative estimate of drug-likeness (QED) is 0.722. The summed E-state index contributed by atoms with van der Waals surface area (Å²) >= 11 is 0. The van der Waals surface area contributed by atoms with Gasteiger partial charge in [-0.3, -0.25) is 9.69 Å². The molecule has 1 fully saturated rings. The van der Waals surface area contributed by atoms with Crippen molar-refractivity contribution in [3.8, 4) is 0 Å². The van der Waals surface area contributed by atoms with Crippen LogP contribution >= 0.6 is 0 Å². The number of aryl methyl sites for hydroxylation is 1. The molecule has 0 radical (unpaired) electrons. The van der Waals surface area contributed by atoms with Crippen molar-refractivity contribution >= 4 is 5.91 Å². The summed E-state index contributed by atoms with van der Waals surface area (Å²) in [5.41, 5.74) is 1.10. The van der Waals surface area contributed by atoms with Crippen LogP contribution in [0.4, 0.5) is 0 Å². The molecule has 0 aromatic heterocycles. The third-order valence-electron chi connectivity index (χ3n) is 3.44. The van der Waals surface area contributed by atoms with Gasteiger partial charge in [0.25, 0.3) is 0 Å². The molecule has 1 aromatic rings. The molecule has 0 saturated carbocycles. The molecule has 0 spiro atoms. The van der Waals surface area contributed by atoms with Gasteiger partial charge < -0.3 is 15.4 Å². The Hall–Kier alpha value is -1.43. The van der Waals surface area contributed by atoms with Crippen molar-refractivity contribution in [2.24, 2.45) is 0 Å². The average Bonchev–Trinajstić information content (AvgIpc) is 2.55. The fourth-order valence-electron chi connectivity index (χ4n) is 2.21. The lowest BCUT2D eigenvalue weighted by Crippen LogP contribution is -2.43. The summed E-state index contributed by atoms with van der Waals surface area (Å²) in [6.07, 6.45) is 0.599. The number of rotatable bonds is 8. The number of carbonyl (C=O) groups is 1. The van der Waals surface area contributed by atoms with Gasteiger partial charge in [-0.25, -0.2) is 0 Å². The zero-order chi connectivity index (χ0) is 15.6. The number of morpholine rings is 1. The molecule has 21 heavy (non-hydrogen) atoms. The first-order chi connectivity index (χ1) is 10.7. The minimum atomic E-state index is -0.465. The van der Waals surface area contributed by atoms with E-state index in [4.69, 9.17) is 6.11 Å². The Kier molecular flexibility index (Phi) is 6.56. The minimum absolute atomic E-state index is 0.0569. The standard InChI is InChI=1S/C16H25N3O2/c20-16(18-8-9-19-10-12-21-13-11-19)14-17-7-6-15-4-2-1-3-5-15/h1-5,17H,6-14H2,(H,18,20)/i7D. The van der Waals surface area contributed by atoms with E-state index in [0.29, 0.717) is 13.0 Å². The molecule has 116 valence electrons. The Morgan fingerprint density at radius 1 is 1.29 bits per heavy atom. The number of nitrogens with one attached hydrogen (secondary N) is 2. The van der Waals surface area contributed by atoms with Gasteiger partial charge in [0.1, 0.15) is 0 Å². The van der Waals surface area contributed by atoms with Crippen molar-refractivity contribution in [1.29, 1.82) is 0 Å². The highest BCUT2D eigenvalue weighted by Crippen LogP contribution is 1.98. The number of benzene rings is 1. The molecule has 0 aliphatic carbocycles. The van der Waals surface area contributed by atoms with Crippen LogP contribution in [-0.2, 0) is 16.0 Å². The predicted molar refractivity (Wildman–Crippen MR) is 83.3 cm³/mol. The molecule has 1 saturated heterocycles. The highest BCUT2D eigenvalue weighted by atomic mass is 16.5. The molecule has 5 nitrogen and oxygen atoms in total. The Morgan fingerprint density at radius 3 is 2.81 bits per heavy atom. The first-order valence-corrected chi connectivity index (χ1v) is 7.50. The first kappa shape index (κ1) is 14.5. The number of ether oxygens (including phenoxy) is 1. The van der Waals surface area contributed by atoms with Gasteiger partial charge in [-0.15, -0.1) is 0 Å². The van der Waals surface area contributed by atoms with Gasteiger partial charge in [0.15, 0.2) is 0 Å². The van der Waals surface area contributed by atoms with Crippen LogP contribution < -0.4 is 10.6 Å². The minimum Gasteiger partial charge on any atom is -0.379 e. The van der Waals surface area contributed by atoms with Crippen molar-refractivity contribution in [3.63, 3.8) is 0 Å². The van der Waals surface area contributed by atoms with Crippen LogP contribution in [-0.4, -0.2) is 63.3 Å². The molecule has 2 rings (SSSR count). The second kappa shape index (κ2) is 9.50. The second-order valence-electron chi connectivity index (χ2n) is 5.08. The van der Waals surface area contributed by atoms with Crippen LogP contribution in [0.1, 0.15) is 6.93 Å². The summed E-state index contributed by atoms with van der Waals surface area (Å²) in [6, 6.07) is 9.86. The van der Waals surface area contributed by atoms with Gasteiger partial charge in [-0.2, -0.15) is 0 Å². The van der Waals surface area contributed by atoms with Crippen LogP contribution in [0, 0.1) is 0 Å². The van der Waals surface area contributed by atoms with Crippen LogP contribution in [0.3, 0.4) is 0 Å². The SMILES string of the molecule is [2H]C(Cc1ccccc1)NCC(=O)NCCN1CCOCC1. The van der Waals surface area contributed by atoms with E-state index in [1.807, 2.05) is 30.3 Å². The first-order valence-electron chi connectivity index (χ1n) is 8.08. The third-order valence-corrected chi connectivity index (χ3v) is 3.44. The Morgan fingerprint density at radius 2 is 2.05 bits per heavy atom. The maximum absolute atomic E-state index is 11.7. The summed E-state index contributed by atoms with van der Waals surface area (Å²) in [5.74, 6) is -0.0569. The van der Waals surface area contributed by atoms with Crippen molar-refractivity contribution in [2.75, 3.05) is 52.5 Å². The number of amides is 1. The maximum atomic E-state index is 11.7. The van der Waals surface area contributed by atoms with Gasteiger partial charge >= 0.3 is 0 Å². The molecular formula is C16H25N3O2. The van der Waals surface area contributed by atoms with Gasteiger partial charge in [0.2, 0.25) is 5.91 Å². The van der Waals surface area contributed by atoms with Crippen molar-refractivity contribution in [2.45, 2.75) is 6.42 Å². The van der Waals surface area contributed by atoms with Crippen LogP contribution in [0.5, 0.6) is 0 Å². The van der Waals surface area contributed by atoms with E-state index in [2.05, 4.69) is 15.5 Å². The van der Waals surface area contributed by atoms with E-state index >= 15 is 0 Å². The lowest BCUT2D eigenvalue weighted by atomic mass is 10.1. The molecule has 1 unspecified atom stereocenters. The molecule has 1 atom stereocenters. The molecular weight excluding hydrogens is 266 g/mol. The van der Waals surface area contributed by atoms with Crippen molar-refractivity contribution in [3.05, 3.63) is 35.9 Å². The van der Waals surface area contributed by atoms with Crippen molar-refractivity contribution < 1.29 is 10.9 Å². The van der Waals surface area contributed by atoms with Gasteiger partial charge in [0.05, 0.1) is 19.8 Å². The lowest BCUT2D eigenvalue weighted by molar-refractivity contribution is -0.120. The molecule has 0 bridgehead atoms. The Bertz CT molecular complexity index is 438. The summed E-state index contributed by atoms with van der Waals surface area (Å²) in [4.78, 5) is 14.0. The normalized spacial score (nSPS) is 18.0. The van der Waals surface area contributed by atoms with Gasteiger partial charge in [-0.1, -0.05) is 30.3 Å². The predicted octanol–water partition coefficient (Wildman–Crippen LogP) is 0.267. The monoisotopic (exact) mass is 292 g/mol. The number of nitrogens with zero attached hydrogens (tertiary/aromatic N) is 1. The van der Waals surface area contributed by atoms with E-state index in [9.17, 15) is 4.79 Å². The summed E-state index contributed by atoms with van der Waals surface area (Å²) in [5, 5.41) is 5.82. The van der Waals surface area contributed by atoms with Crippen LogP contribution in [0.2, 0.25) is 0 Å². The third kappa shape index (κ3) is 6.71. The van der Waals surface area contributed by atoms with Gasteiger partial charge in [-0.05, 0) is 18.5 Å². The average molecular weight is 292 g/mol. The summed E-state index contributed by atoms with van der Waals surface area (Å²) in [6.45, 7) is 4.62. The highest BCUT2D eigenvalue weighted by Gasteiger charge is 2.09. The fraction of sp³-hybridized carbons (Fsp3) is 0.562. The lowest BCUT2D eigenvalue weighted by Gasteiger charge is -2.26. The van der Waals surface area contributed by atoms with Crippen molar-refractivity contribution in [1.82, 2.24) is 15.5 Å². The molecule has 1 amide bonds. The molecule has 1 aliphatic heterocycles. The van der Waals surface area contributed by atoms with Gasteiger partial charge in [0, 0.05) is 27.5 Å². The molecule has 2 N–H and O–H groups in total. The maximum Gasteiger partial charge on any atom is 0.234 e. The van der Waals surface area contributed by atoms with E-state index in [1.54, 1.807) is 0 Å². The van der Waals surface area contributed by atoms with E-state index in [-0.39, 0.29) is 12.5 Å². The topological polar surface area (TPSA) is 53.6 Å². The fourth-order valence-corrected chi connectivity index (χ4v) is 2.21. The molecule has 5 heteroatoms. The molecule has 1 aromatic carbocycles. The molecule has 1 aliphatic rings. The zero-order valence-corrected chi connectivity index (χ0v) is 12.4. The Labute approximate surface area is 128 Å². The summed E-state index contributed by atoms with van der Waals surface area (Å²) < 4.78 is 13.2. The second-order valence-corrected chi connectivity index (χ2v) is 5.08. The van der Waals surface area contributed by atoms with Crippen LogP contribution in [0.15, 0.2) is 30.3 Å².